The van der Waals surface area contributed by atoms with Crippen molar-refractivity contribution in [1.82, 2.24) is 15.0 Å². The lowest BCUT2D eigenvalue weighted by Crippen LogP contribution is -2.12. The molecule has 0 spiro atoms. The average Bonchev–Trinajstić information content (AvgIpc) is 2.92. The second kappa shape index (κ2) is 11.2. The van der Waals surface area contributed by atoms with Crippen LogP contribution in [0.4, 0.5) is 22.9 Å². The lowest BCUT2D eigenvalue weighted by Gasteiger charge is -2.15. The van der Waals surface area contributed by atoms with E-state index in [0.717, 1.165) is 31.0 Å². The summed E-state index contributed by atoms with van der Waals surface area (Å²) in [7, 11) is 0. The summed E-state index contributed by atoms with van der Waals surface area (Å²) in [5.41, 5.74) is 10.1. The number of carbonyl (C=O) groups is 1. The van der Waals surface area contributed by atoms with Crippen molar-refractivity contribution in [3.8, 4) is 0 Å². The summed E-state index contributed by atoms with van der Waals surface area (Å²) in [6.45, 7) is 4.19. The molecule has 9 heteroatoms. The highest BCUT2D eigenvalue weighted by Gasteiger charge is 2.15. The Balaban J connectivity index is 1.51. The number of aromatic nitrogens is 3. The fraction of sp³-hybridized carbons (Fsp3) is 0.103. The molecule has 38 heavy (non-hydrogen) atoms. The fourth-order valence-electron chi connectivity index (χ4n) is 3.76. The predicted molar refractivity (Wildman–Crippen MR) is 158 cm³/mol. The van der Waals surface area contributed by atoms with Crippen LogP contribution in [0, 0.1) is 0 Å². The first-order valence-electron chi connectivity index (χ1n) is 12.0. The van der Waals surface area contributed by atoms with E-state index in [0.29, 0.717) is 28.4 Å². The van der Waals surface area contributed by atoms with Crippen LogP contribution in [0.5, 0.6) is 0 Å². The predicted octanol–water partition coefficient (Wildman–Crippen LogP) is 7.64. The van der Waals surface area contributed by atoms with Crippen LogP contribution in [0.15, 0.2) is 99.5 Å². The van der Waals surface area contributed by atoms with E-state index in [2.05, 4.69) is 50.4 Å². The highest BCUT2D eigenvalue weighted by Crippen LogP contribution is 2.37. The molecule has 190 valence electrons. The molecule has 4 N–H and O–H groups in total. The highest BCUT2D eigenvalue weighted by atomic mass is 79.9. The van der Waals surface area contributed by atoms with Crippen LogP contribution < -0.4 is 16.4 Å². The third kappa shape index (κ3) is 5.95. The van der Waals surface area contributed by atoms with Crippen LogP contribution in [0.1, 0.15) is 35.8 Å². The molecule has 2 aromatic heterocycles. The van der Waals surface area contributed by atoms with Crippen LogP contribution in [0.3, 0.4) is 0 Å². The van der Waals surface area contributed by atoms with Gasteiger partial charge in [-0.3, -0.25) is 4.79 Å². The standard InChI is InChI=1S/C29H25BrN6OS/c1-17(2)24-13-12-23-27(35-24)32-16-33-28(23)36-25-15-18(29(37)34-21-8-4-19(30)5-9-21)3-14-26(25)38-22-10-6-20(31)7-11-22/h3-17H,31H2,1-2H3,(H,34,37)(H,32,33,35,36). The van der Waals surface area contributed by atoms with E-state index in [9.17, 15) is 4.79 Å². The van der Waals surface area contributed by atoms with Crippen molar-refractivity contribution in [3.05, 3.63) is 101 Å². The Kier molecular flexibility index (Phi) is 7.57. The van der Waals surface area contributed by atoms with E-state index in [4.69, 9.17) is 10.7 Å². The summed E-state index contributed by atoms with van der Waals surface area (Å²) in [5, 5.41) is 7.19. The van der Waals surface area contributed by atoms with Gasteiger partial charge in [-0.1, -0.05) is 41.5 Å². The smallest absolute Gasteiger partial charge is 0.255 e. The van der Waals surface area contributed by atoms with Crippen LogP contribution in [-0.2, 0) is 0 Å². The SMILES string of the molecule is CC(C)c1ccc2c(Nc3cc(C(=O)Nc4ccc(Br)cc4)ccc3Sc3ccc(N)cc3)ncnc2n1. The van der Waals surface area contributed by atoms with Gasteiger partial charge in [0.25, 0.3) is 5.91 Å². The molecule has 5 rings (SSSR count). The number of carbonyl (C=O) groups excluding carboxylic acids is 1. The van der Waals surface area contributed by atoms with E-state index in [1.807, 2.05) is 78.9 Å². The number of halogens is 1. The average molecular weight is 586 g/mol. The molecule has 0 fully saturated rings. The molecule has 3 aromatic carbocycles. The fourth-order valence-corrected chi connectivity index (χ4v) is 4.91. The molecule has 0 aliphatic rings. The lowest BCUT2D eigenvalue weighted by atomic mass is 10.1. The van der Waals surface area contributed by atoms with Gasteiger partial charge in [0.05, 0.1) is 11.1 Å². The topological polar surface area (TPSA) is 106 Å². The van der Waals surface area contributed by atoms with Gasteiger partial charge in [0.1, 0.15) is 12.1 Å². The second-order valence-corrected chi connectivity index (χ2v) is 11.0. The number of pyridine rings is 1. The third-order valence-corrected chi connectivity index (χ3v) is 7.43. The molecule has 0 atom stereocenters. The Hall–Kier alpha value is -3.95. The molecule has 0 bridgehead atoms. The zero-order valence-electron chi connectivity index (χ0n) is 20.8. The van der Waals surface area contributed by atoms with E-state index in [1.165, 1.54) is 6.33 Å². The largest absolute Gasteiger partial charge is 0.399 e. The minimum absolute atomic E-state index is 0.213. The van der Waals surface area contributed by atoms with Crippen molar-refractivity contribution in [3.63, 3.8) is 0 Å². The molecule has 0 radical (unpaired) electrons. The van der Waals surface area contributed by atoms with Crippen molar-refractivity contribution in [2.24, 2.45) is 0 Å². The number of benzene rings is 3. The van der Waals surface area contributed by atoms with Gasteiger partial charge in [0.15, 0.2) is 5.65 Å². The zero-order chi connectivity index (χ0) is 26.6. The molecule has 1 amide bonds. The van der Waals surface area contributed by atoms with Crippen molar-refractivity contribution in [2.45, 2.75) is 29.6 Å². The maximum absolute atomic E-state index is 13.1. The van der Waals surface area contributed by atoms with E-state index >= 15 is 0 Å². The Morgan fingerprint density at radius 2 is 1.71 bits per heavy atom. The summed E-state index contributed by atoms with van der Waals surface area (Å²) in [6.07, 6.45) is 1.50. The molecule has 0 aliphatic carbocycles. The van der Waals surface area contributed by atoms with E-state index in [-0.39, 0.29) is 11.8 Å². The lowest BCUT2D eigenvalue weighted by molar-refractivity contribution is 0.102. The zero-order valence-corrected chi connectivity index (χ0v) is 23.2. The van der Waals surface area contributed by atoms with Crippen molar-refractivity contribution < 1.29 is 4.79 Å². The number of anilines is 4. The van der Waals surface area contributed by atoms with Crippen molar-refractivity contribution in [1.29, 1.82) is 0 Å². The number of hydrogen-bond donors (Lipinski definition) is 3. The van der Waals surface area contributed by atoms with Crippen molar-refractivity contribution in [2.75, 3.05) is 16.4 Å². The van der Waals surface area contributed by atoms with Crippen LogP contribution in [0.2, 0.25) is 0 Å². The molecule has 0 unspecified atom stereocenters. The van der Waals surface area contributed by atoms with Crippen LogP contribution in [-0.4, -0.2) is 20.9 Å². The highest BCUT2D eigenvalue weighted by molar-refractivity contribution is 9.10. The Morgan fingerprint density at radius 3 is 2.45 bits per heavy atom. The van der Waals surface area contributed by atoms with Gasteiger partial charge in [0.2, 0.25) is 0 Å². The Bertz CT molecular complexity index is 1610. The van der Waals surface area contributed by atoms with Crippen molar-refractivity contribution >= 4 is 67.5 Å². The summed E-state index contributed by atoms with van der Waals surface area (Å²) >= 11 is 4.99. The summed E-state index contributed by atoms with van der Waals surface area (Å²) < 4.78 is 0.943. The number of nitrogens with one attached hydrogen (secondary N) is 2. The molecule has 0 aliphatic heterocycles. The Labute approximate surface area is 233 Å². The summed E-state index contributed by atoms with van der Waals surface area (Å²) in [6, 6.07) is 24.7. The first kappa shape index (κ1) is 25.7. The monoisotopic (exact) mass is 584 g/mol. The number of fused-ring (bicyclic) bond motifs is 1. The third-order valence-electron chi connectivity index (χ3n) is 5.81. The molecular formula is C29H25BrN6OS. The van der Waals surface area contributed by atoms with E-state index < -0.39 is 0 Å². The molecular weight excluding hydrogens is 560 g/mol. The first-order valence-corrected chi connectivity index (χ1v) is 13.6. The van der Waals surface area contributed by atoms with Gasteiger partial charge >= 0.3 is 0 Å². The van der Waals surface area contributed by atoms with Gasteiger partial charge in [-0.05, 0) is 84.8 Å². The molecule has 0 saturated heterocycles. The van der Waals surface area contributed by atoms with Gasteiger partial charge in [-0.25, -0.2) is 15.0 Å². The minimum atomic E-state index is -0.213. The molecule has 2 heterocycles. The number of nitrogens with zero attached hydrogens (tertiary/aromatic N) is 3. The molecule has 7 nitrogen and oxygen atoms in total. The quantitative estimate of drug-likeness (QED) is 0.169. The van der Waals surface area contributed by atoms with Crippen LogP contribution >= 0.6 is 27.7 Å². The normalized spacial score (nSPS) is 11.1. The minimum Gasteiger partial charge on any atom is -0.399 e. The summed E-state index contributed by atoms with van der Waals surface area (Å²) in [5.74, 6) is 0.687. The molecule has 0 saturated carbocycles. The van der Waals surface area contributed by atoms with Gasteiger partial charge in [0, 0.05) is 36.9 Å². The number of hydrogen-bond acceptors (Lipinski definition) is 7. The second-order valence-electron chi connectivity index (χ2n) is 8.95. The first-order chi connectivity index (χ1) is 18.4. The van der Waals surface area contributed by atoms with Crippen LogP contribution in [0.25, 0.3) is 11.0 Å². The molecule has 5 aromatic rings. The van der Waals surface area contributed by atoms with Gasteiger partial charge < -0.3 is 16.4 Å². The summed E-state index contributed by atoms with van der Waals surface area (Å²) in [4.78, 5) is 28.6. The number of rotatable bonds is 7. The number of nitrogens with two attached hydrogens (primary N) is 1. The number of nitrogen functional groups attached to an aromatic ring is 1. The maximum atomic E-state index is 13.1. The van der Waals surface area contributed by atoms with E-state index in [1.54, 1.807) is 11.8 Å². The van der Waals surface area contributed by atoms with Gasteiger partial charge in [-0.2, -0.15) is 0 Å². The maximum Gasteiger partial charge on any atom is 0.255 e. The Morgan fingerprint density at radius 1 is 0.947 bits per heavy atom. The van der Waals surface area contributed by atoms with Gasteiger partial charge in [-0.15, -0.1) is 0 Å². The number of amides is 1.